The topological polar surface area (TPSA) is 46.1 Å². The zero-order chi connectivity index (χ0) is 11.4. The molecule has 4 heteroatoms. The maximum Gasteiger partial charge on any atom is 0.233 e. The van der Waals surface area contributed by atoms with Gasteiger partial charge in [0.25, 0.3) is 0 Å². The normalized spacial score (nSPS) is 15.1. The van der Waals surface area contributed by atoms with Crippen LogP contribution in [0.3, 0.4) is 0 Å². The van der Waals surface area contributed by atoms with Gasteiger partial charge < -0.3 is 15.2 Å². The second-order valence-corrected chi connectivity index (χ2v) is 4.54. The number of hydrogen-bond acceptors (Lipinski definition) is 2. The molecule has 0 unspecified atom stereocenters. The molecule has 1 aromatic rings. The third-order valence-corrected chi connectivity index (χ3v) is 2.79. The zero-order valence-electron chi connectivity index (χ0n) is 9.70. The van der Waals surface area contributed by atoms with E-state index in [2.05, 4.69) is 22.9 Å². The molecule has 1 aliphatic rings. The van der Waals surface area contributed by atoms with Crippen LogP contribution in [-0.4, -0.2) is 23.6 Å². The summed E-state index contributed by atoms with van der Waals surface area (Å²) in [5, 5.41) is 6.06. The highest BCUT2D eigenvalue weighted by Crippen LogP contribution is 2.27. The molecule has 0 atom stereocenters. The van der Waals surface area contributed by atoms with Gasteiger partial charge >= 0.3 is 0 Å². The van der Waals surface area contributed by atoms with Gasteiger partial charge in [-0.1, -0.05) is 0 Å². The molecule has 0 bridgehead atoms. The van der Waals surface area contributed by atoms with Crippen molar-refractivity contribution in [3.63, 3.8) is 0 Å². The molecule has 1 aromatic heterocycles. The molecule has 2 rings (SSSR count). The van der Waals surface area contributed by atoms with Crippen LogP contribution in [0, 0.1) is 5.92 Å². The minimum atomic E-state index is 0.0998. The van der Waals surface area contributed by atoms with Crippen LogP contribution in [0.25, 0.3) is 0 Å². The second-order valence-electron chi connectivity index (χ2n) is 4.54. The summed E-state index contributed by atoms with van der Waals surface area (Å²) in [7, 11) is 1.99. The number of aromatic nitrogens is 1. The highest BCUT2D eigenvalue weighted by molar-refractivity contribution is 5.77. The van der Waals surface area contributed by atoms with Gasteiger partial charge in [-0.25, -0.2) is 0 Å². The van der Waals surface area contributed by atoms with E-state index < -0.39 is 0 Å². The van der Waals surface area contributed by atoms with E-state index in [-0.39, 0.29) is 5.91 Å². The molecule has 1 fully saturated rings. The van der Waals surface area contributed by atoms with E-state index in [1.54, 1.807) is 0 Å². The summed E-state index contributed by atoms with van der Waals surface area (Å²) in [6.07, 6.45) is 6.61. The second kappa shape index (κ2) is 5.16. The van der Waals surface area contributed by atoms with Crippen molar-refractivity contribution in [2.24, 2.45) is 13.0 Å². The van der Waals surface area contributed by atoms with Crippen molar-refractivity contribution in [3.8, 4) is 0 Å². The van der Waals surface area contributed by atoms with Gasteiger partial charge in [-0.05, 0) is 30.4 Å². The van der Waals surface area contributed by atoms with Gasteiger partial charge in [0.2, 0.25) is 5.91 Å². The molecule has 0 radical (unpaired) electrons. The predicted molar refractivity (Wildman–Crippen MR) is 62.9 cm³/mol. The molecule has 1 heterocycles. The van der Waals surface area contributed by atoms with E-state index in [0.29, 0.717) is 6.54 Å². The first-order valence-corrected chi connectivity index (χ1v) is 5.82. The number of hydrogen-bond donors (Lipinski definition) is 2. The Morgan fingerprint density at radius 2 is 2.38 bits per heavy atom. The first-order valence-electron chi connectivity index (χ1n) is 5.82. The number of aryl methyl sites for hydroxylation is 1. The molecule has 2 N–H and O–H groups in total. The number of nitrogens with zero attached hydrogens (tertiary/aromatic N) is 1. The van der Waals surface area contributed by atoms with Gasteiger partial charge in [-0.15, -0.1) is 0 Å². The fourth-order valence-electron chi connectivity index (χ4n) is 1.63. The van der Waals surface area contributed by atoms with Crippen molar-refractivity contribution in [1.29, 1.82) is 0 Å². The third-order valence-electron chi connectivity index (χ3n) is 2.79. The Hall–Kier alpha value is -1.29. The molecule has 0 aromatic carbocycles. The van der Waals surface area contributed by atoms with E-state index >= 15 is 0 Å². The monoisotopic (exact) mass is 221 g/mol. The van der Waals surface area contributed by atoms with Crippen LogP contribution in [-0.2, 0) is 18.4 Å². The Bertz CT molecular complexity index is 355. The molecule has 0 saturated heterocycles. The van der Waals surface area contributed by atoms with Crippen molar-refractivity contribution in [3.05, 3.63) is 24.0 Å². The minimum Gasteiger partial charge on any atom is -0.357 e. The first-order chi connectivity index (χ1) is 7.74. The van der Waals surface area contributed by atoms with E-state index in [9.17, 15) is 4.79 Å². The maximum absolute atomic E-state index is 11.4. The fraction of sp³-hybridized carbons (Fsp3) is 0.583. The van der Waals surface area contributed by atoms with E-state index in [4.69, 9.17) is 0 Å². The Morgan fingerprint density at radius 1 is 1.56 bits per heavy atom. The van der Waals surface area contributed by atoms with Gasteiger partial charge in [0.15, 0.2) is 0 Å². The molecule has 0 aliphatic heterocycles. The number of carbonyl (C=O) groups excluding carboxylic acids is 1. The van der Waals surface area contributed by atoms with Gasteiger partial charge in [0, 0.05) is 32.5 Å². The van der Waals surface area contributed by atoms with Gasteiger partial charge in [0.1, 0.15) is 0 Å². The number of nitrogens with one attached hydrogen (secondary N) is 2. The lowest BCUT2D eigenvalue weighted by atomic mass is 10.3. The lowest BCUT2D eigenvalue weighted by molar-refractivity contribution is -0.120. The summed E-state index contributed by atoms with van der Waals surface area (Å²) in [5.41, 5.74) is 1.21. The predicted octanol–water partition coefficient (Wildman–Crippen LogP) is 0.641. The third kappa shape index (κ3) is 3.70. The summed E-state index contributed by atoms with van der Waals surface area (Å²) in [4.78, 5) is 11.4. The smallest absolute Gasteiger partial charge is 0.233 e. The molecule has 88 valence electrons. The van der Waals surface area contributed by atoms with Gasteiger partial charge in [-0.3, -0.25) is 4.79 Å². The summed E-state index contributed by atoms with van der Waals surface area (Å²) in [6.45, 7) is 2.01. The van der Waals surface area contributed by atoms with Crippen molar-refractivity contribution in [2.45, 2.75) is 19.4 Å². The van der Waals surface area contributed by atoms with Crippen molar-refractivity contribution in [2.75, 3.05) is 13.1 Å². The molecule has 1 saturated carbocycles. The Balaban J connectivity index is 1.57. The lowest BCUT2D eigenvalue weighted by Gasteiger charge is -2.04. The minimum absolute atomic E-state index is 0.0998. The van der Waals surface area contributed by atoms with E-state index in [1.165, 1.54) is 18.4 Å². The van der Waals surface area contributed by atoms with Gasteiger partial charge in [0.05, 0.1) is 6.54 Å². The molecular formula is C12H19N3O. The fourth-order valence-corrected chi connectivity index (χ4v) is 1.63. The van der Waals surface area contributed by atoms with Crippen LogP contribution >= 0.6 is 0 Å². The standard InChI is InChI=1S/C12H19N3O/c1-15-5-4-11(9-15)6-13-8-12(16)14-7-10-2-3-10/h4-5,9-10,13H,2-3,6-8H2,1H3,(H,14,16). The summed E-state index contributed by atoms with van der Waals surface area (Å²) in [6, 6.07) is 2.05. The SMILES string of the molecule is Cn1ccc(CNCC(=O)NCC2CC2)c1. The molecule has 4 nitrogen and oxygen atoms in total. The Kier molecular flexibility index (Phi) is 3.62. The maximum atomic E-state index is 11.4. The quantitative estimate of drug-likeness (QED) is 0.740. The number of carbonyl (C=O) groups is 1. The van der Waals surface area contributed by atoms with Crippen LogP contribution in [0.1, 0.15) is 18.4 Å². The molecule has 1 amide bonds. The molecular weight excluding hydrogens is 202 g/mol. The van der Waals surface area contributed by atoms with Crippen molar-refractivity contribution < 1.29 is 4.79 Å². The van der Waals surface area contributed by atoms with E-state index in [0.717, 1.165) is 19.0 Å². The summed E-state index contributed by atoms with van der Waals surface area (Å²) in [5.74, 6) is 0.848. The molecule has 0 spiro atoms. The Morgan fingerprint density at radius 3 is 3.00 bits per heavy atom. The van der Waals surface area contributed by atoms with Crippen LogP contribution in [0.2, 0.25) is 0 Å². The average molecular weight is 221 g/mol. The number of rotatable bonds is 6. The summed E-state index contributed by atoms with van der Waals surface area (Å²) < 4.78 is 2.00. The van der Waals surface area contributed by atoms with Crippen molar-refractivity contribution in [1.82, 2.24) is 15.2 Å². The average Bonchev–Trinajstić information content (AvgIpc) is 2.99. The van der Waals surface area contributed by atoms with E-state index in [1.807, 2.05) is 17.8 Å². The molecule has 1 aliphatic carbocycles. The lowest BCUT2D eigenvalue weighted by Crippen LogP contribution is -2.34. The largest absolute Gasteiger partial charge is 0.357 e. The number of amides is 1. The van der Waals surface area contributed by atoms with Crippen LogP contribution < -0.4 is 10.6 Å². The molecule has 16 heavy (non-hydrogen) atoms. The van der Waals surface area contributed by atoms with Crippen LogP contribution in [0.4, 0.5) is 0 Å². The van der Waals surface area contributed by atoms with Crippen LogP contribution in [0.15, 0.2) is 18.5 Å². The highest BCUT2D eigenvalue weighted by atomic mass is 16.1. The first kappa shape index (κ1) is 11.2. The Labute approximate surface area is 96.0 Å². The summed E-state index contributed by atoms with van der Waals surface area (Å²) >= 11 is 0. The van der Waals surface area contributed by atoms with Gasteiger partial charge in [-0.2, -0.15) is 0 Å². The zero-order valence-corrected chi connectivity index (χ0v) is 9.70. The van der Waals surface area contributed by atoms with Crippen LogP contribution in [0.5, 0.6) is 0 Å². The van der Waals surface area contributed by atoms with Crippen molar-refractivity contribution >= 4 is 5.91 Å². The highest BCUT2D eigenvalue weighted by Gasteiger charge is 2.21.